The monoisotopic (exact) mass is 210 g/mol. The quantitative estimate of drug-likeness (QED) is 0.165. The normalized spacial score (nSPS) is 11.2. The van der Waals surface area contributed by atoms with Crippen LogP contribution >= 0.6 is 0 Å². The maximum absolute atomic E-state index is 10.6. The molecule has 0 fully saturated rings. The van der Waals surface area contributed by atoms with Gasteiger partial charge in [0, 0.05) is 6.26 Å². The fraction of sp³-hybridized carbons (Fsp3) is 0.800. The number of hydrazine groups is 1. The first-order valence-electron chi connectivity index (χ1n) is 3.52. The van der Waals surface area contributed by atoms with E-state index in [1.54, 1.807) is 0 Å². The first kappa shape index (κ1) is 12.1. The summed E-state index contributed by atoms with van der Waals surface area (Å²) >= 11 is 0. The fourth-order valence-corrected chi connectivity index (χ4v) is 1.20. The van der Waals surface area contributed by atoms with Gasteiger partial charge >= 0.3 is 0 Å². The van der Waals surface area contributed by atoms with Gasteiger partial charge in [0.1, 0.15) is 9.84 Å². The summed E-state index contributed by atoms with van der Waals surface area (Å²) in [4.78, 5) is 4.70. The minimum absolute atomic E-state index is 0.0265. The molecule has 0 aliphatic carbocycles. The van der Waals surface area contributed by atoms with Crippen LogP contribution in [0.5, 0.6) is 0 Å². The third-order valence-corrected chi connectivity index (χ3v) is 2.16. The highest BCUT2D eigenvalue weighted by Gasteiger charge is 2.03. The number of rotatable bonds is 5. The Bertz CT molecular complexity index is 263. The molecule has 13 heavy (non-hydrogen) atoms. The van der Waals surface area contributed by atoms with E-state index in [2.05, 4.69) is 0 Å². The van der Waals surface area contributed by atoms with Crippen molar-refractivity contribution in [1.82, 2.24) is 5.17 Å². The molecule has 5 N–H and O–H groups in total. The van der Waals surface area contributed by atoms with Gasteiger partial charge in [0.25, 0.3) is 0 Å². The molecular weight excluding hydrogens is 196 g/mol. The van der Waals surface area contributed by atoms with Crippen molar-refractivity contribution in [3.05, 3.63) is 0 Å². The van der Waals surface area contributed by atoms with Gasteiger partial charge in [-0.3, -0.25) is 10.2 Å². The van der Waals surface area contributed by atoms with Gasteiger partial charge in [-0.15, -0.1) is 0 Å². The number of nitrogens with zero attached hydrogens (tertiary/aromatic N) is 1. The molecule has 0 aliphatic heterocycles. The Morgan fingerprint density at radius 2 is 2.15 bits per heavy atom. The standard InChI is InChI=1S/C5H14N4O3S/c1-13(10,11)4-2-3-12-9(8)5(6)7/h2-4,8H2,1H3,(H3,6,7). The molecule has 78 valence electrons. The first-order chi connectivity index (χ1) is 5.83. The molecule has 0 saturated carbocycles. The molecule has 0 aromatic heterocycles. The Labute approximate surface area is 77.0 Å². The van der Waals surface area contributed by atoms with Gasteiger partial charge in [-0.1, -0.05) is 0 Å². The number of guanidine groups is 1. The lowest BCUT2D eigenvalue weighted by Crippen LogP contribution is -2.42. The van der Waals surface area contributed by atoms with Crippen molar-refractivity contribution in [3.8, 4) is 0 Å². The summed E-state index contributed by atoms with van der Waals surface area (Å²) < 4.78 is 21.3. The summed E-state index contributed by atoms with van der Waals surface area (Å²) in [6, 6.07) is 0. The van der Waals surface area contributed by atoms with E-state index < -0.39 is 15.8 Å². The number of hydrogen-bond donors (Lipinski definition) is 3. The lowest BCUT2D eigenvalue weighted by atomic mass is 10.5. The minimum atomic E-state index is -2.97. The van der Waals surface area contributed by atoms with Crippen LogP contribution in [0.2, 0.25) is 0 Å². The maximum Gasteiger partial charge on any atom is 0.228 e. The molecule has 0 amide bonds. The zero-order valence-corrected chi connectivity index (χ0v) is 8.17. The summed E-state index contributed by atoms with van der Waals surface area (Å²) in [7, 11) is -2.97. The van der Waals surface area contributed by atoms with E-state index in [-0.39, 0.29) is 12.4 Å². The van der Waals surface area contributed by atoms with Crippen LogP contribution in [0, 0.1) is 5.41 Å². The Hall–Kier alpha value is -0.860. The molecule has 0 aromatic rings. The number of sulfone groups is 1. The minimum Gasteiger partial charge on any atom is -0.367 e. The van der Waals surface area contributed by atoms with Crippen LogP contribution in [-0.2, 0) is 14.7 Å². The summed E-state index contributed by atoms with van der Waals surface area (Å²) in [5, 5.41) is 7.38. The van der Waals surface area contributed by atoms with E-state index >= 15 is 0 Å². The van der Waals surface area contributed by atoms with E-state index in [0.717, 1.165) is 6.26 Å². The van der Waals surface area contributed by atoms with Crippen LogP contribution in [0.25, 0.3) is 0 Å². The number of hydrogen-bond acceptors (Lipinski definition) is 5. The molecule has 0 aromatic carbocycles. The first-order valence-corrected chi connectivity index (χ1v) is 5.58. The largest absolute Gasteiger partial charge is 0.367 e. The van der Waals surface area contributed by atoms with Crippen LogP contribution in [0.4, 0.5) is 0 Å². The molecule has 0 rings (SSSR count). The lowest BCUT2D eigenvalue weighted by Gasteiger charge is -2.14. The number of nitrogens with one attached hydrogen (secondary N) is 1. The van der Waals surface area contributed by atoms with E-state index in [1.807, 2.05) is 0 Å². The molecule has 0 radical (unpaired) electrons. The predicted octanol–water partition coefficient (Wildman–Crippen LogP) is -1.58. The molecular formula is C5H14N4O3S. The van der Waals surface area contributed by atoms with Crippen LogP contribution in [0.1, 0.15) is 6.42 Å². The zero-order valence-electron chi connectivity index (χ0n) is 7.36. The van der Waals surface area contributed by atoms with Crippen molar-refractivity contribution in [1.29, 1.82) is 5.41 Å². The van der Waals surface area contributed by atoms with Gasteiger partial charge in [-0.25, -0.2) is 14.3 Å². The van der Waals surface area contributed by atoms with Crippen molar-refractivity contribution in [2.24, 2.45) is 11.6 Å². The Balaban J connectivity index is 3.53. The second kappa shape index (κ2) is 5.00. The van der Waals surface area contributed by atoms with Gasteiger partial charge in [0.2, 0.25) is 5.96 Å². The smallest absolute Gasteiger partial charge is 0.228 e. The van der Waals surface area contributed by atoms with Gasteiger partial charge in [-0.05, 0) is 6.42 Å². The lowest BCUT2D eigenvalue weighted by molar-refractivity contribution is -0.103. The van der Waals surface area contributed by atoms with Gasteiger partial charge in [0.05, 0.1) is 12.4 Å². The number of nitrogens with two attached hydrogens (primary N) is 2. The highest BCUT2D eigenvalue weighted by atomic mass is 32.2. The highest BCUT2D eigenvalue weighted by molar-refractivity contribution is 7.90. The van der Waals surface area contributed by atoms with Crippen molar-refractivity contribution in [2.75, 3.05) is 18.6 Å². The Morgan fingerprint density at radius 3 is 2.54 bits per heavy atom. The molecule has 0 aliphatic rings. The average molecular weight is 210 g/mol. The van der Waals surface area contributed by atoms with E-state index in [9.17, 15) is 8.42 Å². The second-order valence-corrected chi connectivity index (χ2v) is 4.79. The molecule has 0 heterocycles. The maximum atomic E-state index is 10.6. The molecule has 0 spiro atoms. The van der Waals surface area contributed by atoms with E-state index in [0.29, 0.717) is 11.6 Å². The van der Waals surface area contributed by atoms with Crippen molar-refractivity contribution in [2.45, 2.75) is 6.42 Å². The van der Waals surface area contributed by atoms with E-state index in [4.69, 9.17) is 21.8 Å². The van der Waals surface area contributed by atoms with Crippen molar-refractivity contribution >= 4 is 15.8 Å². The topological polar surface area (TPSA) is 123 Å². The average Bonchev–Trinajstić information content (AvgIpc) is 1.95. The summed E-state index contributed by atoms with van der Waals surface area (Å²) in [5.41, 5.74) is 4.94. The summed E-state index contributed by atoms with van der Waals surface area (Å²) in [6.07, 6.45) is 1.46. The number of hydroxylamine groups is 1. The molecule has 8 heteroatoms. The third-order valence-electron chi connectivity index (χ3n) is 1.13. The predicted molar refractivity (Wildman–Crippen MR) is 48.2 cm³/mol. The third kappa shape index (κ3) is 7.50. The SMILES string of the molecule is CS(=O)(=O)CCCON(N)C(=N)N. The fourth-order valence-electron chi connectivity index (χ4n) is 0.554. The van der Waals surface area contributed by atoms with Crippen LogP contribution in [0.3, 0.4) is 0 Å². The summed E-state index contributed by atoms with van der Waals surface area (Å²) in [5.74, 6) is 4.67. The van der Waals surface area contributed by atoms with Crippen LogP contribution < -0.4 is 11.6 Å². The zero-order chi connectivity index (χ0) is 10.5. The van der Waals surface area contributed by atoms with Crippen molar-refractivity contribution in [3.63, 3.8) is 0 Å². The molecule has 7 nitrogen and oxygen atoms in total. The van der Waals surface area contributed by atoms with Crippen molar-refractivity contribution < 1.29 is 13.3 Å². The van der Waals surface area contributed by atoms with Gasteiger partial charge in [-0.2, -0.15) is 5.17 Å². The molecule has 0 bridgehead atoms. The molecule has 0 atom stereocenters. The highest BCUT2D eigenvalue weighted by Crippen LogP contribution is 1.90. The van der Waals surface area contributed by atoms with Gasteiger partial charge in [0.15, 0.2) is 0 Å². The van der Waals surface area contributed by atoms with E-state index in [1.165, 1.54) is 0 Å². The van der Waals surface area contributed by atoms with Gasteiger partial charge < -0.3 is 5.73 Å². The van der Waals surface area contributed by atoms with Crippen LogP contribution in [0.15, 0.2) is 0 Å². The second-order valence-electron chi connectivity index (χ2n) is 2.53. The Morgan fingerprint density at radius 1 is 1.62 bits per heavy atom. The summed E-state index contributed by atoms with van der Waals surface area (Å²) in [6.45, 7) is 0.114. The molecule has 0 saturated heterocycles. The molecule has 0 unspecified atom stereocenters. The Kier molecular flexibility index (Phi) is 4.67. The van der Waals surface area contributed by atoms with Crippen LogP contribution in [-0.4, -0.2) is 38.2 Å².